The summed E-state index contributed by atoms with van der Waals surface area (Å²) in [5.41, 5.74) is 4.17. The Morgan fingerprint density at radius 2 is 2.06 bits per heavy atom. The van der Waals surface area contributed by atoms with Gasteiger partial charge in [-0.05, 0) is 24.3 Å². The molecule has 2 rings (SSSR count). The molecule has 4 nitrogen and oxygen atoms in total. The normalized spacial score (nSPS) is 10.7. The number of hydrogen-bond donors (Lipinski definition) is 1. The van der Waals surface area contributed by atoms with Crippen LogP contribution in [0.15, 0.2) is 24.3 Å². The quantitative estimate of drug-likeness (QED) is 0.898. The molecule has 0 aliphatic rings. The highest BCUT2D eigenvalue weighted by molar-refractivity contribution is 5.93. The third kappa shape index (κ3) is 2.38. The molecule has 0 saturated heterocycles. The van der Waals surface area contributed by atoms with Crippen molar-refractivity contribution in [1.29, 1.82) is 0 Å². The smallest absolute Gasteiger partial charge is 0.0885 e. The van der Waals surface area contributed by atoms with E-state index in [1.807, 2.05) is 33.3 Å². The number of nitrogens with one attached hydrogen (secondary N) is 1. The third-order valence-corrected chi connectivity index (χ3v) is 2.92. The highest BCUT2D eigenvalue weighted by Gasteiger charge is 2.06. The topological polar surface area (TPSA) is 37.4 Å². The summed E-state index contributed by atoms with van der Waals surface area (Å²) in [4.78, 5) is 6.68. The average Bonchev–Trinajstić information content (AvgIpc) is 2.37. The molecule has 0 atom stereocenters. The van der Waals surface area contributed by atoms with Crippen LogP contribution >= 0.6 is 0 Å². The van der Waals surface area contributed by atoms with Gasteiger partial charge in [0.15, 0.2) is 0 Å². The molecule has 0 aliphatic heterocycles. The fourth-order valence-corrected chi connectivity index (χ4v) is 1.98. The second-order valence-electron chi connectivity index (χ2n) is 4.44. The molecule has 1 aromatic heterocycles. The minimum Gasteiger partial charge on any atom is -0.388 e. The van der Waals surface area contributed by atoms with Crippen molar-refractivity contribution in [2.75, 3.05) is 38.5 Å². The molecule has 18 heavy (non-hydrogen) atoms. The van der Waals surface area contributed by atoms with E-state index in [4.69, 9.17) is 4.74 Å². The number of fused-ring (bicyclic) bond motifs is 1. The molecule has 96 valence electrons. The number of aromatic nitrogens is 1. The van der Waals surface area contributed by atoms with Crippen molar-refractivity contribution in [3.8, 4) is 0 Å². The largest absolute Gasteiger partial charge is 0.388 e. The van der Waals surface area contributed by atoms with Crippen molar-refractivity contribution < 1.29 is 4.74 Å². The predicted molar refractivity (Wildman–Crippen MR) is 76.3 cm³/mol. The van der Waals surface area contributed by atoms with E-state index < -0.39 is 0 Å². The zero-order chi connectivity index (χ0) is 13.1. The van der Waals surface area contributed by atoms with Crippen LogP contribution in [0.25, 0.3) is 10.9 Å². The van der Waals surface area contributed by atoms with Crippen LogP contribution in [0, 0.1) is 0 Å². The van der Waals surface area contributed by atoms with Crippen LogP contribution in [-0.4, -0.2) is 33.2 Å². The SMILES string of the molecule is CNc1cc(COC)nc2ccc(N(C)C)cc12. The second-order valence-corrected chi connectivity index (χ2v) is 4.44. The number of ether oxygens (including phenoxy) is 1. The summed E-state index contributed by atoms with van der Waals surface area (Å²) < 4.78 is 5.14. The summed E-state index contributed by atoms with van der Waals surface area (Å²) in [5.74, 6) is 0. The predicted octanol–water partition coefficient (Wildman–Crippen LogP) is 2.49. The summed E-state index contributed by atoms with van der Waals surface area (Å²) >= 11 is 0. The first-order chi connectivity index (χ1) is 8.65. The molecule has 1 aromatic carbocycles. The maximum Gasteiger partial charge on any atom is 0.0885 e. The molecule has 0 bridgehead atoms. The van der Waals surface area contributed by atoms with E-state index in [1.165, 1.54) is 5.69 Å². The number of pyridine rings is 1. The van der Waals surface area contributed by atoms with Crippen molar-refractivity contribution in [3.63, 3.8) is 0 Å². The van der Waals surface area contributed by atoms with Crippen molar-refractivity contribution in [1.82, 2.24) is 4.98 Å². The Morgan fingerprint density at radius 1 is 1.28 bits per heavy atom. The average molecular weight is 245 g/mol. The molecule has 0 aliphatic carbocycles. The van der Waals surface area contributed by atoms with Crippen LogP contribution in [0.5, 0.6) is 0 Å². The van der Waals surface area contributed by atoms with E-state index in [0.29, 0.717) is 6.61 Å². The molecule has 1 N–H and O–H groups in total. The van der Waals surface area contributed by atoms with E-state index in [2.05, 4.69) is 27.3 Å². The number of methoxy groups -OCH3 is 1. The van der Waals surface area contributed by atoms with Crippen LogP contribution in [-0.2, 0) is 11.3 Å². The van der Waals surface area contributed by atoms with E-state index in [9.17, 15) is 0 Å². The lowest BCUT2D eigenvalue weighted by Gasteiger charge is -2.15. The highest BCUT2D eigenvalue weighted by Crippen LogP contribution is 2.27. The van der Waals surface area contributed by atoms with Crippen molar-refractivity contribution in [2.24, 2.45) is 0 Å². The minimum atomic E-state index is 0.528. The summed E-state index contributed by atoms with van der Waals surface area (Å²) in [5, 5.41) is 4.35. The molecular formula is C14H19N3O. The monoisotopic (exact) mass is 245 g/mol. The van der Waals surface area contributed by atoms with Gasteiger partial charge in [0.1, 0.15) is 0 Å². The van der Waals surface area contributed by atoms with Crippen LogP contribution in [0.3, 0.4) is 0 Å². The van der Waals surface area contributed by atoms with Crippen molar-refractivity contribution >= 4 is 22.3 Å². The summed E-state index contributed by atoms with van der Waals surface area (Å²) in [6.07, 6.45) is 0. The Hall–Kier alpha value is -1.81. The zero-order valence-corrected chi connectivity index (χ0v) is 11.3. The molecule has 2 aromatic rings. The fraction of sp³-hybridized carbons (Fsp3) is 0.357. The maximum absolute atomic E-state index is 5.14. The summed E-state index contributed by atoms with van der Waals surface area (Å²) in [6, 6.07) is 8.30. The van der Waals surface area contributed by atoms with Gasteiger partial charge in [-0.2, -0.15) is 0 Å². The Kier molecular flexibility index (Phi) is 3.67. The minimum absolute atomic E-state index is 0.528. The first-order valence-electron chi connectivity index (χ1n) is 5.93. The molecule has 0 spiro atoms. The van der Waals surface area contributed by atoms with Crippen molar-refractivity contribution in [2.45, 2.75) is 6.61 Å². The number of anilines is 2. The second kappa shape index (κ2) is 5.23. The summed E-state index contributed by atoms with van der Waals surface area (Å²) in [6.45, 7) is 0.528. The zero-order valence-electron chi connectivity index (χ0n) is 11.3. The number of benzene rings is 1. The van der Waals surface area contributed by atoms with Gasteiger partial charge >= 0.3 is 0 Å². The van der Waals surface area contributed by atoms with Crippen LogP contribution in [0.2, 0.25) is 0 Å². The molecule has 0 fully saturated rings. The fourth-order valence-electron chi connectivity index (χ4n) is 1.98. The van der Waals surface area contributed by atoms with Gasteiger partial charge in [0.2, 0.25) is 0 Å². The highest BCUT2D eigenvalue weighted by atomic mass is 16.5. The van der Waals surface area contributed by atoms with E-state index >= 15 is 0 Å². The Labute approximate surface area is 108 Å². The molecule has 4 heteroatoms. The summed E-state index contributed by atoms with van der Waals surface area (Å²) in [7, 11) is 7.67. The van der Waals surface area contributed by atoms with Gasteiger partial charge in [-0.15, -0.1) is 0 Å². The molecule has 0 saturated carbocycles. The van der Waals surface area contributed by atoms with Crippen LogP contribution in [0.4, 0.5) is 11.4 Å². The molecule has 0 unspecified atom stereocenters. The Bertz CT molecular complexity index is 552. The molecule has 1 heterocycles. The van der Waals surface area contributed by atoms with Gasteiger partial charge in [0.05, 0.1) is 17.8 Å². The Balaban J connectivity index is 2.59. The van der Waals surface area contributed by atoms with Crippen LogP contribution in [0.1, 0.15) is 5.69 Å². The van der Waals surface area contributed by atoms with Crippen LogP contribution < -0.4 is 10.2 Å². The third-order valence-electron chi connectivity index (χ3n) is 2.92. The lowest BCUT2D eigenvalue weighted by Crippen LogP contribution is -2.08. The van der Waals surface area contributed by atoms with Gasteiger partial charge in [0, 0.05) is 45.0 Å². The lowest BCUT2D eigenvalue weighted by molar-refractivity contribution is 0.182. The van der Waals surface area contributed by atoms with Crippen molar-refractivity contribution in [3.05, 3.63) is 30.0 Å². The number of hydrogen-bond acceptors (Lipinski definition) is 4. The van der Waals surface area contributed by atoms with Gasteiger partial charge in [-0.3, -0.25) is 4.98 Å². The van der Waals surface area contributed by atoms with E-state index in [0.717, 1.165) is 22.3 Å². The number of nitrogens with zero attached hydrogens (tertiary/aromatic N) is 2. The van der Waals surface area contributed by atoms with E-state index in [1.54, 1.807) is 7.11 Å². The Morgan fingerprint density at radius 3 is 2.67 bits per heavy atom. The molecule has 0 amide bonds. The first-order valence-corrected chi connectivity index (χ1v) is 5.93. The standard InChI is InChI=1S/C14H19N3O/c1-15-14-7-10(9-18-4)16-13-6-5-11(17(2)3)8-12(13)14/h5-8H,9H2,1-4H3,(H,15,16). The van der Waals surface area contributed by atoms with Gasteiger partial charge in [0.25, 0.3) is 0 Å². The first kappa shape index (κ1) is 12.6. The lowest BCUT2D eigenvalue weighted by atomic mass is 10.1. The maximum atomic E-state index is 5.14. The van der Waals surface area contributed by atoms with Gasteiger partial charge in [-0.1, -0.05) is 0 Å². The number of rotatable bonds is 4. The molecular weight excluding hydrogens is 226 g/mol. The van der Waals surface area contributed by atoms with Gasteiger partial charge < -0.3 is 15.0 Å². The molecule has 0 radical (unpaired) electrons. The van der Waals surface area contributed by atoms with E-state index in [-0.39, 0.29) is 0 Å². The van der Waals surface area contributed by atoms with Gasteiger partial charge in [-0.25, -0.2) is 0 Å².